The molecule has 0 rings (SSSR count). The number of hydrogen-bond acceptors (Lipinski definition) is 0. The molecule has 0 unspecified atom stereocenters. The molecule has 0 atom stereocenters. The second-order valence-corrected chi connectivity index (χ2v) is 129. The predicted molar refractivity (Wildman–Crippen MR) is 139 cm³/mol. The van der Waals surface area contributed by atoms with E-state index in [2.05, 4.69) is 172 Å². The molecule has 0 aromatic heterocycles. The van der Waals surface area contributed by atoms with Crippen molar-refractivity contribution in [3.63, 3.8) is 0 Å². The molecule has 0 aliphatic rings. The predicted octanol–water partition coefficient (Wildman–Crippen LogP) is 6.43. The molecule has 0 aliphatic carbocycles. The maximum atomic E-state index is 2.90. The van der Waals surface area contributed by atoms with E-state index in [0.717, 1.165) is 0 Å². The molecule has 0 saturated carbocycles. The fourth-order valence-electron chi connectivity index (χ4n) is 0.649. The van der Waals surface area contributed by atoms with Crippen LogP contribution in [0.15, 0.2) is 0 Å². The Hall–Kier alpha value is 5.98. The summed E-state index contributed by atoms with van der Waals surface area (Å²) in [6, 6.07) is 0. The van der Waals surface area contributed by atoms with Crippen molar-refractivity contribution in [2.45, 2.75) is 19.6 Å². The van der Waals surface area contributed by atoms with Gasteiger partial charge >= 0.3 is 0 Å². The maximum absolute atomic E-state index is 2.90. The van der Waals surface area contributed by atoms with Crippen LogP contribution < -0.4 is 0 Å². The van der Waals surface area contributed by atoms with E-state index in [-0.39, 0.29) is 0 Å². The highest BCUT2D eigenvalue weighted by molar-refractivity contribution is 14.4. The van der Waals surface area contributed by atoms with E-state index in [1.165, 1.54) is 0 Å². The van der Waals surface area contributed by atoms with Gasteiger partial charge in [-0.1, -0.05) is 85.0 Å². The minimum atomic E-state index is -1.06. The number of hydrogen-bond donors (Lipinski definition) is 0. The van der Waals surface area contributed by atoms with Crippen LogP contribution in [-0.4, -0.2) is 11.9 Å². The highest BCUT2D eigenvalue weighted by Gasteiger charge is 2.66. The van der Waals surface area contributed by atoms with Crippen LogP contribution in [0.25, 0.3) is 0 Å². The lowest BCUT2D eigenvalue weighted by Crippen LogP contribution is -2.68. The summed E-state index contributed by atoms with van der Waals surface area (Å²) < 4.78 is -3.12. The minimum absolute atomic E-state index is 0.951. The molecule has 0 amide bonds. The topological polar surface area (TPSA) is 0 Å². The van der Waals surface area contributed by atoms with Gasteiger partial charge in [0.25, 0.3) is 0.0813 Å². The van der Waals surface area contributed by atoms with E-state index in [1.807, 2.05) is 0 Å². The summed E-state index contributed by atoms with van der Waals surface area (Å²) in [5.74, 6) is 0. The van der Waals surface area contributed by atoms with E-state index < -0.39 is 11.9 Å². The molecule has 0 aromatic rings. The Kier molecular flexibility index (Phi) is 9.74. The van der Waals surface area contributed by atoms with Crippen LogP contribution in [0.5, 0.6) is 0 Å². The first-order valence-electron chi connectivity index (χ1n) is 3.57. The monoisotopic (exact) mass is 1050 g/mol. The van der Waals surface area contributed by atoms with Gasteiger partial charge in [-0.2, -0.15) is 0 Å². The summed E-state index contributed by atoms with van der Waals surface area (Å²) in [5, 5.41) is 0. The third-order valence-corrected chi connectivity index (χ3v) is 254. The lowest BCUT2D eigenvalue weighted by molar-refractivity contribution is 1.86. The first kappa shape index (κ1) is 20.0. The summed E-state index contributed by atoms with van der Waals surface area (Å²) in [5.41, 5.74) is 0. The van der Waals surface area contributed by atoms with Gasteiger partial charge in [-0.3, -0.25) is 0 Å². The lowest BCUT2D eigenvalue weighted by Gasteiger charge is -2.42. The Morgan fingerprint density at radius 2 is 0.857 bits per heavy atom. The van der Waals surface area contributed by atoms with E-state index in [9.17, 15) is 0 Å². The standard InChI is InChI=1S/C3H9I7Si4/c1-11(2,3)13(7,8)14(9,10)12(4,5)6/h1-3H3. The number of rotatable bonds is 3. The van der Waals surface area contributed by atoms with Gasteiger partial charge in [0, 0.05) is 0 Å². The van der Waals surface area contributed by atoms with Crippen molar-refractivity contribution in [3.8, 4) is 0 Å². The van der Waals surface area contributed by atoms with Gasteiger partial charge in [0.15, 0.2) is 2.10 Å². The summed E-state index contributed by atoms with van der Waals surface area (Å²) in [6.45, 7) is 7.71. The van der Waals surface area contributed by atoms with Crippen LogP contribution >= 0.6 is 153 Å². The molecule has 0 aliphatic heterocycles. The zero-order valence-electron chi connectivity index (χ0n) is 7.65. The molecule has 0 radical (unpaired) electrons. The largest absolute Gasteiger partial charge is 0.263 e. The Morgan fingerprint density at radius 3 is 0.929 bits per heavy atom. The summed E-state index contributed by atoms with van der Waals surface area (Å²) in [6.07, 6.45) is 0. The molecule has 0 fully saturated rings. The molecule has 0 N–H and O–H groups in total. The van der Waals surface area contributed by atoms with Crippen LogP contribution in [-0.2, 0) is 0 Å². The third kappa shape index (κ3) is 4.76. The molecular weight excluding hydrogens is 1040 g/mol. The smallest absolute Gasteiger partial charge is 0.110 e. The SMILES string of the molecule is C[Si](C)(C)[Si](I)(I)[Si](I)(I)[Si](I)(I)I. The van der Waals surface area contributed by atoms with Gasteiger partial charge in [0.2, 0.25) is 2.10 Å². The Morgan fingerprint density at radius 1 is 0.571 bits per heavy atom. The van der Waals surface area contributed by atoms with Crippen LogP contribution in [0.1, 0.15) is 0 Å². The number of halogens is 7. The summed E-state index contributed by atoms with van der Waals surface area (Å²) >= 11 is 20.0. The van der Waals surface area contributed by atoms with Gasteiger partial charge in [-0.25, -0.2) is 0 Å². The van der Waals surface area contributed by atoms with Crippen LogP contribution in [0.3, 0.4) is 0 Å². The minimum Gasteiger partial charge on any atom is -0.110 e. The summed E-state index contributed by atoms with van der Waals surface area (Å²) in [7, 11) is -0.951. The van der Waals surface area contributed by atoms with Gasteiger partial charge in [0.1, 0.15) is 0 Å². The quantitative estimate of drug-likeness (QED) is 0.174. The van der Waals surface area contributed by atoms with Gasteiger partial charge in [-0.05, 0) is 0 Å². The molecule has 0 saturated heterocycles. The van der Waals surface area contributed by atoms with E-state index >= 15 is 0 Å². The average molecular weight is 1050 g/mol. The molecule has 0 heterocycles. The Labute approximate surface area is 179 Å². The van der Waals surface area contributed by atoms with Gasteiger partial charge in [-0.15, -0.1) is 87.2 Å². The van der Waals surface area contributed by atoms with Crippen molar-refractivity contribution in [2.75, 3.05) is 0 Å². The van der Waals surface area contributed by atoms with E-state index in [0.29, 0.717) is 0 Å². The van der Waals surface area contributed by atoms with Gasteiger partial charge < -0.3 is 0 Å². The normalized spacial score (nSPS) is 15.9. The first-order valence-corrected chi connectivity index (χ1v) is 37.9. The molecule has 11 heteroatoms. The molecule has 0 aromatic carbocycles. The Bertz CT molecular complexity index is 190. The van der Waals surface area contributed by atoms with E-state index in [1.54, 1.807) is 0 Å². The fourth-order valence-corrected chi connectivity index (χ4v) is 235. The molecule has 0 bridgehead atoms. The second kappa shape index (κ2) is 6.83. The highest BCUT2D eigenvalue weighted by Crippen LogP contribution is 2.57. The average Bonchev–Trinajstić information content (AvgIpc) is 1.81. The zero-order chi connectivity index (χ0) is 12.0. The second-order valence-electron chi connectivity index (χ2n) is 3.90. The van der Waals surface area contributed by atoms with Crippen LogP contribution in [0.4, 0.5) is 0 Å². The Balaban J connectivity index is 5.30. The van der Waals surface area contributed by atoms with Crippen LogP contribution in [0.2, 0.25) is 19.6 Å². The molecular formula is C3H9I7Si4. The molecule has 0 spiro atoms. The third-order valence-electron chi connectivity index (χ3n) is 1.69. The highest BCUT2D eigenvalue weighted by atomic mass is 127. The molecule has 86 valence electrons. The molecule has 0 nitrogen and oxygen atoms in total. The molecule has 14 heavy (non-hydrogen) atoms. The van der Waals surface area contributed by atoms with Crippen molar-refractivity contribution in [2.24, 2.45) is 0 Å². The van der Waals surface area contributed by atoms with Crippen molar-refractivity contribution in [3.05, 3.63) is 0 Å². The van der Waals surface area contributed by atoms with Crippen molar-refractivity contribution in [1.29, 1.82) is 0 Å². The van der Waals surface area contributed by atoms with Crippen molar-refractivity contribution >= 4 is 164 Å². The fraction of sp³-hybridized carbons (Fsp3) is 1.00. The maximum Gasteiger partial charge on any atom is 0.263 e. The van der Waals surface area contributed by atoms with Gasteiger partial charge in [0.05, 0.1) is 7.59 Å². The van der Waals surface area contributed by atoms with E-state index in [4.69, 9.17) is 0 Å². The van der Waals surface area contributed by atoms with Crippen molar-refractivity contribution < 1.29 is 0 Å². The summed E-state index contributed by atoms with van der Waals surface area (Å²) in [4.78, 5) is 0. The lowest BCUT2D eigenvalue weighted by atomic mass is 11.8. The van der Waals surface area contributed by atoms with Crippen molar-refractivity contribution in [1.82, 2.24) is 0 Å². The zero-order valence-corrected chi connectivity index (χ0v) is 26.7. The van der Waals surface area contributed by atoms with Crippen LogP contribution in [0, 0.1) is 0 Å². The first-order chi connectivity index (χ1) is 5.75.